The highest BCUT2D eigenvalue weighted by Crippen LogP contribution is 2.23. The predicted molar refractivity (Wildman–Crippen MR) is 62.1 cm³/mol. The number of rotatable bonds is 3. The van der Waals surface area contributed by atoms with Crippen molar-refractivity contribution in [2.75, 3.05) is 12.5 Å². The first-order valence-electron chi connectivity index (χ1n) is 4.63. The van der Waals surface area contributed by atoms with Gasteiger partial charge in [0.25, 0.3) is 0 Å². The summed E-state index contributed by atoms with van der Waals surface area (Å²) in [5.74, 6) is 5.83. The lowest BCUT2D eigenvalue weighted by molar-refractivity contribution is 0.101. The van der Waals surface area contributed by atoms with E-state index in [1.807, 2.05) is 0 Å². The molecule has 1 rings (SSSR count). The van der Waals surface area contributed by atoms with E-state index in [-0.39, 0.29) is 29.6 Å². The van der Waals surface area contributed by atoms with Gasteiger partial charge < -0.3 is 9.84 Å². The minimum absolute atomic E-state index is 0.0494. The molecule has 1 N–H and O–H groups in total. The SMILES string of the molecule is CC(=O)c1cc(OCC#CCCl)ccc1O. The van der Waals surface area contributed by atoms with Gasteiger partial charge in [0, 0.05) is 0 Å². The largest absolute Gasteiger partial charge is 0.507 e. The van der Waals surface area contributed by atoms with E-state index in [4.69, 9.17) is 16.3 Å². The number of phenols is 1. The van der Waals surface area contributed by atoms with Crippen LogP contribution in [0.3, 0.4) is 0 Å². The minimum Gasteiger partial charge on any atom is -0.507 e. The number of ketones is 1. The molecule has 16 heavy (non-hydrogen) atoms. The fraction of sp³-hybridized carbons (Fsp3) is 0.250. The zero-order chi connectivity index (χ0) is 12.0. The van der Waals surface area contributed by atoms with Crippen molar-refractivity contribution in [3.8, 4) is 23.3 Å². The molecule has 0 radical (unpaired) electrons. The Hall–Kier alpha value is -1.66. The fourth-order valence-electron chi connectivity index (χ4n) is 1.10. The van der Waals surface area contributed by atoms with E-state index in [1.54, 1.807) is 6.07 Å². The Bertz CT molecular complexity index is 443. The number of halogens is 1. The Morgan fingerprint density at radius 3 is 2.88 bits per heavy atom. The molecule has 3 nitrogen and oxygen atoms in total. The molecule has 0 heterocycles. The van der Waals surface area contributed by atoms with Gasteiger partial charge in [-0.05, 0) is 25.1 Å². The topological polar surface area (TPSA) is 46.5 Å². The van der Waals surface area contributed by atoms with E-state index in [1.165, 1.54) is 19.1 Å². The van der Waals surface area contributed by atoms with Gasteiger partial charge in [-0.2, -0.15) is 0 Å². The van der Waals surface area contributed by atoms with Crippen molar-refractivity contribution in [1.82, 2.24) is 0 Å². The molecule has 84 valence electrons. The van der Waals surface area contributed by atoms with Crippen LogP contribution in [0.1, 0.15) is 17.3 Å². The number of carbonyl (C=O) groups is 1. The average Bonchev–Trinajstić information content (AvgIpc) is 2.26. The van der Waals surface area contributed by atoms with Crippen LogP contribution in [0.5, 0.6) is 11.5 Å². The average molecular weight is 239 g/mol. The Kier molecular flexibility index (Phi) is 4.68. The Morgan fingerprint density at radius 2 is 2.25 bits per heavy atom. The standard InChI is InChI=1S/C12H11ClO3/c1-9(14)11-8-10(4-5-12(11)15)16-7-3-2-6-13/h4-5,8,15H,6-7H2,1H3. The third kappa shape index (κ3) is 3.48. The number of Topliss-reactive ketones (excluding diaryl/α,β-unsaturated/α-hetero) is 1. The van der Waals surface area contributed by atoms with Crippen molar-refractivity contribution in [2.45, 2.75) is 6.92 Å². The molecule has 0 saturated carbocycles. The third-order valence-electron chi connectivity index (χ3n) is 1.85. The molecule has 0 aromatic heterocycles. The lowest BCUT2D eigenvalue weighted by Crippen LogP contribution is -1.97. The highest BCUT2D eigenvalue weighted by molar-refractivity contribution is 6.19. The summed E-state index contributed by atoms with van der Waals surface area (Å²) >= 11 is 5.36. The molecule has 1 aromatic carbocycles. The highest BCUT2D eigenvalue weighted by atomic mass is 35.5. The van der Waals surface area contributed by atoms with Crippen molar-refractivity contribution in [1.29, 1.82) is 0 Å². The van der Waals surface area contributed by atoms with Crippen LogP contribution in [0.4, 0.5) is 0 Å². The van der Waals surface area contributed by atoms with Crippen molar-refractivity contribution < 1.29 is 14.6 Å². The molecule has 0 atom stereocenters. The smallest absolute Gasteiger partial charge is 0.163 e. The number of benzene rings is 1. The fourth-order valence-corrected chi connectivity index (χ4v) is 1.20. The molecule has 0 spiro atoms. The number of hydrogen-bond donors (Lipinski definition) is 1. The Labute approximate surface area is 99.0 Å². The molecular weight excluding hydrogens is 228 g/mol. The van der Waals surface area contributed by atoms with Gasteiger partial charge in [0.1, 0.15) is 18.1 Å². The second kappa shape index (κ2) is 6.04. The maximum Gasteiger partial charge on any atom is 0.163 e. The molecule has 0 aliphatic carbocycles. The van der Waals surface area contributed by atoms with E-state index < -0.39 is 0 Å². The van der Waals surface area contributed by atoms with E-state index in [9.17, 15) is 9.90 Å². The van der Waals surface area contributed by atoms with E-state index in [0.717, 1.165) is 0 Å². The molecule has 0 unspecified atom stereocenters. The molecular formula is C12H11ClO3. The summed E-state index contributed by atoms with van der Waals surface area (Å²) in [7, 11) is 0. The van der Waals surface area contributed by atoms with Gasteiger partial charge in [0.05, 0.1) is 11.4 Å². The van der Waals surface area contributed by atoms with E-state index >= 15 is 0 Å². The van der Waals surface area contributed by atoms with Gasteiger partial charge in [-0.25, -0.2) is 0 Å². The lowest BCUT2D eigenvalue weighted by Gasteiger charge is -2.05. The molecule has 0 aliphatic heterocycles. The van der Waals surface area contributed by atoms with E-state index in [2.05, 4.69) is 11.8 Å². The summed E-state index contributed by atoms with van der Waals surface area (Å²) in [6.45, 7) is 1.58. The first-order valence-corrected chi connectivity index (χ1v) is 5.17. The number of phenolic OH excluding ortho intramolecular Hbond substituents is 1. The van der Waals surface area contributed by atoms with Crippen molar-refractivity contribution in [3.05, 3.63) is 23.8 Å². The van der Waals surface area contributed by atoms with Gasteiger partial charge in [0.15, 0.2) is 5.78 Å². The number of alkyl halides is 1. The van der Waals surface area contributed by atoms with Crippen molar-refractivity contribution in [2.24, 2.45) is 0 Å². The number of carbonyl (C=O) groups excluding carboxylic acids is 1. The molecule has 0 bridgehead atoms. The van der Waals surface area contributed by atoms with Crippen LogP contribution in [0.2, 0.25) is 0 Å². The maximum absolute atomic E-state index is 11.1. The molecule has 1 aromatic rings. The molecule has 0 amide bonds. The first kappa shape index (κ1) is 12.4. The third-order valence-corrected chi connectivity index (χ3v) is 1.98. The zero-order valence-electron chi connectivity index (χ0n) is 8.79. The minimum atomic E-state index is -0.213. The van der Waals surface area contributed by atoms with Crippen LogP contribution in [0.15, 0.2) is 18.2 Å². The Balaban J connectivity index is 2.75. The summed E-state index contributed by atoms with van der Waals surface area (Å²) in [6, 6.07) is 4.48. The highest BCUT2D eigenvalue weighted by Gasteiger charge is 2.07. The van der Waals surface area contributed by atoms with Crippen LogP contribution in [-0.2, 0) is 0 Å². The lowest BCUT2D eigenvalue weighted by atomic mass is 10.1. The summed E-state index contributed by atoms with van der Waals surface area (Å²) in [5.41, 5.74) is 0.239. The van der Waals surface area contributed by atoms with Gasteiger partial charge in [-0.3, -0.25) is 4.79 Å². The summed E-state index contributed by atoms with van der Waals surface area (Å²) in [5, 5.41) is 9.39. The molecule has 4 heteroatoms. The van der Waals surface area contributed by atoms with Crippen LogP contribution in [0.25, 0.3) is 0 Å². The van der Waals surface area contributed by atoms with Crippen LogP contribution < -0.4 is 4.74 Å². The van der Waals surface area contributed by atoms with Crippen LogP contribution >= 0.6 is 11.6 Å². The maximum atomic E-state index is 11.1. The van der Waals surface area contributed by atoms with Gasteiger partial charge in [0.2, 0.25) is 0 Å². The summed E-state index contributed by atoms with van der Waals surface area (Å²) in [6.07, 6.45) is 0. The monoisotopic (exact) mass is 238 g/mol. The molecule has 0 saturated heterocycles. The number of hydrogen-bond acceptors (Lipinski definition) is 3. The van der Waals surface area contributed by atoms with Gasteiger partial charge in [-0.15, -0.1) is 11.6 Å². The quantitative estimate of drug-likeness (QED) is 0.499. The normalized spacial score (nSPS) is 9.12. The second-order valence-corrected chi connectivity index (χ2v) is 3.28. The number of aromatic hydroxyl groups is 1. The zero-order valence-corrected chi connectivity index (χ0v) is 9.54. The molecule has 0 aliphatic rings. The van der Waals surface area contributed by atoms with Crippen molar-refractivity contribution >= 4 is 17.4 Å². The van der Waals surface area contributed by atoms with Crippen LogP contribution in [-0.4, -0.2) is 23.4 Å². The van der Waals surface area contributed by atoms with Gasteiger partial charge in [-0.1, -0.05) is 11.8 Å². The summed E-state index contributed by atoms with van der Waals surface area (Å²) in [4.78, 5) is 11.1. The summed E-state index contributed by atoms with van der Waals surface area (Å²) < 4.78 is 5.26. The van der Waals surface area contributed by atoms with Crippen molar-refractivity contribution in [3.63, 3.8) is 0 Å². The first-order chi connectivity index (χ1) is 7.65. The Morgan fingerprint density at radius 1 is 1.50 bits per heavy atom. The predicted octanol–water partition coefficient (Wildman–Crippen LogP) is 2.22. The van der Waals surface area contributed by atoms with E-state index in [0.29, 0.717) is 5.75 Å². The van der Waals surface area contributed by atoms with Crippen LogP contribution in [0, 0.1) is 11.8 Å². The number of ether oxygens (including phenoxy) is 1. The molecule has 0 fully saturated rings. The van der Waals surface area contributed by atoms with Gasteiger partial charge >= 0.3 is 0 Å². The second-order valence-electron chi connectivity index (χ2n) is 3.01.